The van der Waals surface area contributed by atoms with E-state index >= 15 is 0 Å². The van der Waals surface area contributed by atoms with Gasteiger partial charge in [0.1, 0.15) is 16.2 Å². The Morgan fingerprint density at radius 3 is 2.61 bits per heavy atom. The number of sulfonamides is 1. The molecule has 2 aromatic heterocycles. The Kier molecular flexibility index (Phi) is 3.69. The highest BCUT2D eigenvalue weighted by molar-refractivity contribution is 7.92. The molecule has 0 aliphatic carbocycles. The number of anilines is 1. The van der Waals surface area contributed by atoms with Crippen LogP contribution in [0, 0.1) is 6.92 Å². The minimum absolute atomic E-state index is 0.0197. The van der Waals surface area contributed by atoms with Crippen molar-refractivity contribution in [2.24, 2.45) is 0 Å². The van der Waals surface area contributed by atoms with E-state index in [0.717, 1.165) is 5.56 Å². The Morgan fingerprint density at radius 2 is 1.96 bits per heavy atom. The lowest BCUT2D eigenvalue weighted by Crippen LogP contribution is -2.14. The third-order valence-electron chi connectivity index (χ3n) is 3.52. The number of nitrogens with one attached hydrogen (secondary N) is 2. The molecule has 0 spiro atoms. The fourth-order valence-electron chi connectivity index (χ4n) is 2.29. The van der Waals surface area contributed by atoms with E-state index in [9.17, 15) is 13.2 Å². The third kappa shape index (κ3) is 2.85. The molecule has 0 radical (unpaired) electrons. The van der Waals surface area contributed by atoms with Gasteiger partial charge in [0.25, 0.3) is 15.6 Å². The largest absolute Gasteiger partial charge is 0.297 e. The maximum absolute atomic E-state index is 12.5. The molecule has 2 N–H and O–H groups in total. The topological polar surface area (TPSA) is 96.3 Å². The van der Waals surface area contributed by atoms with Gasteiger partial charge in [-0.3, -0.25) is 13.9 Å². The third-order valence-corrected chi connectivity index (χ3v) is 4.87. The van der Waals surface area contributed by atoms with Gasteiger partial charge in [0.2, 0.25) is 0 Å². The van der Waals surface area contributed by atoms with Gasteiger partial charge < -0.3 is 0 Å². The summed E-state index contributed by atoms with van der Waals surface area (Å²) in [5, 5.41) is 6.30. The minimum atomic E-state index is -3.78. The molecule has 1 aromatic carbocycles. The second kappa shape index (κ2) is 5.54. The van der Waals surface area contributed by atoms with Crippen molar-refractivity contribution in [3.63, 3.8) is 0 Å². The van der Waals surface area contributed by atoms with Crippen molar-refractivity contribution in [2.45, 2.75) is 25.2 Å². The fraction of sp³-hybridized carbons (Fsp3) is 0.200. The average Bonchev–Trinajstić information content (AvgIpc) is 2.97. The quantitative estimate of drug-likeness (QED) is 0.760. The van der Waals surface area contributed by atoms with Crippen LogP contribution >= 0.6 is 0 Å². The van der Waals surface area contributed by atoms with E-state index in [2.05, 4.69) is 14.9 Å². The summed E-state index contributed by atoms with van der Waals surface area (Å²) in [6.45, 7) is 3.79. The molecule has 23 heavy (non-hydrogen) atoms. The zero-order valence-corrected chi connectivity index (χ0v) is 13.5. The van der Waals surface area contributed by atoms with Gasteiger partial charge in [-0.1, -0.05) is 24.6 Å². The van der Waals surface area contributed by atoms with E-state index in [1.165, 1.54) is 16.7 Å². The van der Waals surface area contributed by atoms with Crippen LogP contribution < -0.4 is 10.3 Å². The standard InChI is InChI=1S/C15H16N4O3S/c1-3-14-16-17-15(20)13-8-12(9-19(13)14)23(21,22)18-11-6-4-10(2)5-7-11/h4-9,18H,3H2,1-2H3,(H,17,20). The maximum atomic E-state index is 12.5. The first-order valence-corrected chi connectivity index (χ1v) is 8.58. The van der Waals surface area contributed by atoms with E-state index in [1.807, 2.05) is 26.0 Å². The number of H-pyrrole nitrogens is 1. The summed E-state index contributed by atoms with van der Waals surface area (Å²) in [5.74, 6) is 0.580. The molecule has 3 rings (SSSR count). The molecule has 0 fully saturated rings. The number of hydrogen-bond donors (Lipinski definition) is 2. The number of benzene rings is 1. The molecule has 0 saturated heterocycles. The van der Waals surface area contributed by atoms with Crippen LogP contribution in [-0.4, -0.2) is 23.0 Å². The lowest BCUT2D eigenvalue weighted by atomic mass is 10.2. The first kappa shape index (κ1) is 15.3. The summed E-state index contributed by atoms with van der Waals surface area (Å²) in [4.78, 5) is 11.8. The molecule has 0 unspecified atom stereocenters. The Bertz CT molecular complexity index is 1020. The zero-order chi connectivity index (χ0) is 16.6. The average molecular weight is 332 g/mol. The van der Waals surface area contributed by atoms with E-state index < -0.39 is 15.6 Å². The molecule has 120 valence electrons. The fourth-order valence-corrected chi connectivity index (χ4v) is 3.36. The van der Waals surface area contributed by atoms with Crippen LogP contribution in [0.1, 0.15) is 18.3 Å². The highest BCUT2D eigenvalue weighted by Gasteiger charge is 2.19. The van der Waals surface area contributed by atoms with Crippen LogP contribution in [0.5, 0.6) is 0 Å². The lowest BCUT2D eigenvalue weighted by Gasteiger charge is -2.06. The summed E-state index contributed by atoms with van der Waals surface area (Å²) < 4.78 is 29.0. The van der Waals surface area contributed by atoms with E-state index in [0.29, 0.717) is 17.9 Å². The van der Waals surface area contributed by atoms with Crippen molar-refractivity contribution < 1.29 is 8.42 Å². The van der Waals surface area contributed by atoms with Crippen molar-refractivity contribution in [2.75, 3.05) is 4.72 Å². The Labute approximate surface area is 133 Å². The van der Waals surface area contributed by atoms with Crippen molar-refractivity contribution in [3.8, 4) is 0 Å². The smallest absolute Gasteiger partial charge is 0.288 e. The van der Waals surface area contributed by atoms with Crippen LogP contribution in [0.15, 0.2) is 46.2 Å². The van der Waals surface area contributed by atoms with Gasteiger partial charge in [0.15, 0.2) is 0 Å². The predicted molar refractivity (Wildman–Crippen MR) is 87.2 cm³/mol. The number of aryl methyl sites for hydroxylation is 2. The van der Waals surface area contributed by atoms with Crippen LogP contribution in [-0.2, 0) is 16.4 Å². The number of aromatic amines is 1. The molecule has 7 nitrogen and oxygen atoms in total. The second-order valence-electron chi connectivity index (χ2n) is 5.23. The number of hydrogen-bond acceptors (Lipinski definition) is 4. The van der Waals surface area contributed by atoms with Crippen LogP contribution in [0.2, 0.25) is 0 Å². The molecule has 8 heteroatoms. The lowest BCUT2D eigenvalue weighted by molar-refractivity contribution is 0.601. The highest BCUT2D eigenvalue weighted by Crippen LogP contribution is 2.18. The molecule has 0 saturated carbocycles. The molecule has 0 amide bonds. The van der Waals surface area contributed by atoms with Crippen molar-refractivity contribution in [1.82, 2.24) is 14.6 Å². The van der Waals surface area contributed by atoms with Gasteiger partial charge in [-0.15, -0.1) is 0 Å². The van der Waals surface area contributed by atoms with E-state index in [-0.39, 0.29) is 10.4 Å². The van der Waals surface area contributed by atoms with Crippen LogP contribution in [0.25, 0.3) is 5.52 Å². The van der Waals surface area contributed by atoms with Crippen molar-refractivity contribution in [3.05, 3.63) is 58.3 Å². The first-order chi connectivity index (χ1) is 10.9. The van der Waals surface area contributed by atoms with Gasteiger partial charge in [-0.25, -0.2) is 13.5 Å². The van der Waals surface area contributed by atoms with Crippen LogP contribution in [0.4, 0.5) is 5.69 Å². The van der Waals surface area contributed by atoms with Crippen LogP contribution in [0.3, 0.4) is 0 Å². The van der Waals surface area contributed by atoms with E-state index in [1.54, 1.807) is 12.1 Å². The summed E-state index contributed by atoms with van der Waals surface area (Å²) >= 11 is 0. The number of rotatable bonds is 4. The van der Waals surface area contributed by atoms with Crippen molar-refractivity contribution in [1.29, 1.82) is 0 Å². The van der Waals surface area contributed by atoms with E-state index in [4.69, 9.17) is 0 Å². The molecule has 2 heterocycles. The zero-order valence-electron chi connectivity index (χ0n) is 12.7. The SMILES string of the molecule is CCc1n[nH]c(=O)c2cc(S(=O)(=O)Nc3ccc(C)cc3)cn12. The second-order valence-corrected chi connectivity index (χ2v) is 6.91. The van der Waals surface area contributed by atoms with Gasteiger partial charge in [-0.2, -0.15) is 5.10 Å². The molecule has 3 aromatic rings. The van der Waals surface area contributed by atoms with Crippen molar-refractivity contribution >= 4 is 21.2 Å². The predicted octanol–water partition coefficient (Wildman–Crippen LogP) is 1.69. The minimum Gasteiger partial charge on any atom is -0.297 e. The van der Waals surface area contributed by atoms with Gasteiger partial charge >= 0.3 is 0 Å². The van der Waals surface area contributed by atoms with Gasteiger partial charge in [-0.05, 0) is 25.1 Å². The molecule has 0 bridgehead atoms. The molecular formula is C15H16N4O3S. The summed E-state index contributed by atoms with van der Waals surface area (Å²) in [7, 11) is -3.78. The maximum Gasteiger partial charge on any atom is 0.288 e. The first-order valence-electron chi connectivity index (χ1n) is 7.10. The highest BCUT2D eigenvalue weighted by atomic mass is 32.2. The number of nitrogens with zero attached hydrogens (tertiary/aromatic N) is 2. The molecule has 0 aliphatic rings. The summed E-state index contributed by atoms with van der Waals surface area (Å²) in [6.07, 6.45) is 1.97. The normalized spacial score (nSPS) is 11.7. The number of aromatic nitrogens is 3. The monoisotopic (exact) mass is 332 g/mol. The summed E-state index contributed by atoms with van der Waals surface area (Å²) in [5.41, 5.74) is 1.32. The Balaban J connectivity index is 2.06. The molecule has 0 aliphatic heterocycles. The summed E-state index contributed by atoms with van der Waals surface area (Å²) in [6, 6.07) is 8.36. The van der Waals surface area contributed by atoms with Gasteiger partial charge in [0.05, 0.1) is 0 Å². The van der Waals surface area contributed by atoms with Gasteiger partial charge in [0, 0.05) is 18.3 Å². The number of fused-ring (bicyclic) bond motifs is 1. The molecule has 0 atom stereocenters. The Morgan fingerprint density at radius 1 is 1.26 bits per heavy atom. The Hall–Kier alpha value is -2.61. The molecular weight excluding hydrogens is 316 g/mol.